The van der Waals surface area contributed by atoms with E-state index in [9.17, 15) is 9.50 Å². The van der Waals surface area contributed by atoms with Crippen LogP contribution >= 0.6 is 15.9 Å². The Morgan fingerprint density at radius 1 is 1.50 bits per heavy atom. The van der Waals surface area contributed by atoms with Gasteiger partial charge in [0.25, 0.3) is 0 Å². The molecule has 0 spiro atoms. The third kappa shape index (κ3) is 1.08. The molecule has 1 aliphatic rings. The molecule has 1 aromatic rings. The van der Waals surface area contributed by atoms with Gasteiger partial charge >= 0.3 is 0 Å². The lowest BCUT2D eigenvalue weighted by molar-refractivity contribution is 0.176. The first kappa shape index (κ1) is 8.20. The number of halogens is 2. The highest BCUT2D eigenvalue weighted by molar-refractivity contribution is 9.10. The Labute approximate surface area is 78.3 Å². The Bertz CT molecular complexity index is 325. The molecule has 0 heterocycles. The first-order valence-corrected chi connectivity index (χ1v) is 4.64. The van der Waals surface area contributed by atoms with Crippen molar-refractivity contribution in [3.8, 4) is 0 Å². The molecule has 3 heteroatoms. The average molecular weight is 231 g/mol. The van der Waals surface area contributed by atoms with E-state index in [-0.39, 0.29) is 5.82 Å². The monoisotopic (exact) mass is 230 g/mol. The molecule has 12 heavy (non-hydrogen) atoms. The first-order valence-electron chi connectivity index (χ1n) is 3.85. The van der Waals surface area contributed by atoms with Crippen molar-refractivity contribution in [2.45, 2.75) is 18.9 Å². The predicted octanol–water partition coefficient (Wildman–Crippen LogP) is 2.57. The number of hydrogen-bond donors (Lipinski definition) is 1. The van der Waals surface area contributed by atoms with Gasteiger partial charge in [0.05, 0.1) is 6.10 Å². The minimum atomic E-state index is -0.613. The molecule has 1 unspecified atom stereocenters. The molecule has 1 atom stereocenters. The van der Waals surface area contributed by atoms with Gasteiger partial charge < -0.3 is 5.11 Å². The fraction of sp³-hybridized carbons (Fsp3) is 0.333. The summed E-state index contributed by atoms with van der Waals surface area (Å²) in [7, 11) is 0. The van der Waals surface area contributed by atoms with E-state index in [1.54, 1.807) is 6.07 Å². The second-order valence-electron chi connectivity index (χ2n) is 2.98. The molecule has 1 aliphatic carbocycles. The summed E-state index contributed by atoms with van der Waals surface area (Å²) in [5, 5.41) is 9.43. The van der Waals surface area contributed by atoms with Crippen molar-refractivity contribution in [3.05, 3.63) is 33.5 Å². The molecule has 0 saturated heterocycles. The van der Waals surface area contributed by atoms with Crippen LogP contribution in [0.2, 0.25) is 0 Å². The number of fused-ring (bicyclic) bond motifs is 1. The molecule has 0 amide bonds. The Balaban J connectivity index is 2.64. The SMILES string of the molecule is OC1CCc2c(Br)ccc(F)c21. The summed E-state index contributed by atoms with van der Waals surface area (Å²) in [6.45, 7) is 0. The second-order valence-corrected chi connectivity index (χ2v) is 3.83. The Morgan fingerprint density at radius 2 is 2.25 bits per heavy atom. The molecule has 0 fully saturated rings. The predicted molar refractivity (Wildman–Crippen MR) is 47.4 cm³/mol. The van der Waals surface area contributed by atoms with Gasteiger partial charge in [-0.1, -0.05) is 15.9 Å². The molecule has 64 valence electrons. The summed E-state index contributed by atoms with van der Waals surface area (Å²) >= 11 is 3.33. The summed E-state index contributed by atoms with van der Waals surface area (Å²) < 4.78 is 14.0. The third-order valence-corrected chi connectivity index (χ3v) is 2.99. The van der Waals surface area contributed by atoms with Crippen molar-refractivity contribution in [2.75, 3.05) is 0 Å². The molecule has 0 bridgehead atoms. The molecule has 0 aromatic heterocycles. The highest BCUT2D eigenvalue weighted by Gasteiger charge is 2.25. The van der Waals surface area contributed by atoms with Gasteiger partial charge in [0.2, 0.25) is 0 Å². The van der Waals surface area contributed by atoms with Crippen molar-refractivity contribution >= 4 is 15.9 Å². The minimum Gasteiger partial charge on any atom is -0.388 e. The summed E-state index contributed by atoms with van der Waals surface area (Å²) in [5.74, 6) is -0.293. The normalized spacial score (nSPS) is 21.1. The summed E-state index contributed by atoms with van der Waals surface area (Å²) in [6.07, 6.45) is 0.779. The number of hydrogen-bond acceptors (Lipinski definition) is 1. The highest BCUT2D eigenvalue weighted by Crippen LogP contribution is 2.37. The molecular formula is C9H8BrFO. The van der Waals surface area contributed by atoms with Gasteiger partial charge in [0.1, 0.15) is 5.82 Å². The van der Waals surface area contributed by atoms with Gasteiger partial charge in [-0.05, 0) is 30.5 Å². The average Bonchev–Trinajstić information content (AvgIpc) is 2.42. The van der Waals surface area contributed by atoms with Crippen LogP contribution in [0, 0.1) is 5.82 Å². The van der Waals surface area contributed by atoms with Crippen LogP contribution in [0.5, 0.6) is 0 Å². The van der Waals surface area contributed by atoms with Crippen molar-refractivity contribution in [3.63, 3.8) is 0 Å². The molecule has 0 radical (unpaired) electrons. The zero-order valence-electron chi connectivity index (χ0n) is 6.35. The highest BCUT2D eigenvalue weighted by atomic mass is 79.9. The lowest BCUT2D eigenvalue weighted by Crippen LogP contribution is -1.95. The maximum absolute atomic E-state index is 13.1. The van der Waals surface area contributed by atoms with E-state index < -0.39 is 6.10 Å². The van der Waals surface area contributed by atoms with Crippen LogP contribution in [0.1, 0.15) is 23.7 Å². The van der Waals surface area contributed by atoms with Gasteiger partial charge in [-0.25, -0.2) is 4.39 Å². The number of benzene rings is 1. The van der Waals surface area contributed by atoms with Gasteiger partial charge in [-0.15, -0.1) is 0 Å². The van der Waals surface area contributed by atoms with Gasteiger partial charge in [0, 0.05) is 10.0 Å². The largest absolute Gasteiger partial charge is 0.388 e. The number of rotatable bonds is 0. The standard InChI is InChI=1S/C9H8BrFO/c10-6-2-3-7(11)9-5(6)1-4-8(9)12/h2-3,8,12H,1,4H2. The van der Waals surface area contributed by atoms with E-state index in [1.165, 1.54) is 6.07 Å². The quantitative estimate of drug-likeness (QED) is 0.727. The topological polar surface area (TPSA) is 20.2 Å². The van der Waals surface area contributed by atoms with Crippen LogP contribution in [0.15, 0.2) is 16.6 Å². The molecular weight excluding hydrogens is 223 g/mol. The van der Waals surface area contributed by atoms with E-state index in [4.69, 9.17) is 0 Å². The van der Waals surface area contributed by atoms with E-state index in [1.807, 2.05) is 0 Å². The van der Waals surface area contributed by atoms with Crippen LogP contribution < -0.4 is 0 Å². The van der Waals surface area contributed by atoms with Crippen molar-refractivity contribution in [2.24, 2.45) is 0 Å². The fourth-order valence-electron chi connectivity index (χ4n) is 1.65. The lowest BCUT2D eigenvalue weighted by atomic mass is 10.1. The first-order chi connectivity index (χ1) is 5.70. The number of aliphatic hydroxyl groups excluding tert-OH is 1. The van der Waals surface area contributed by atoms with Crippen LogP contribution in [-0.2, 0) is 6.42 Å². The zero-order valence-corrected chi connectivity index (χ0v) is 7.94. The molecule has 1 nitrogen and oxygen atoms in total. The number of aliphatic hydroxyl groups is 1. The maximum Gasteiger partial charge on any atom is 0.129 e. The van der Waals surface area contributed by atoms with E-state index in [2.05, 4.69) is 15.9 Å². The summed E-state index contributed by atoms with van der Waals surface area (Å²) in [6, 6.07) is 3.07. The van der Waals surface area contributed by atoms with Crippen LogP contribution in [0.25, 0.3) is 0 Å². The van der Waals surface area contributed by atoms with E-state index in [0.29, 0.717) is 12.0 Å². The van der Waals surface area contributed by atoms with Crippen molar-refractivity contribution in [1.29, 1.82) is 0 Å². The second kappa shape index (κ2) is 2.82. The molecule has 1 aromatic carbocycles. The lowest BCUT2D eigenvalue weighted by Gasteiger charge is -2.05. The smallest absolute Gasteiger partial charge is 0.129 e. The minimum absolute atomic E-state index is 0.293. The molecule has 1 N–H and O–H groups in total. The maximum atomic E-state index is 13.1. The van der Waals surface area contributed by atoms with E-state index in [0.717, 1.165) is 16.5 Å². The summed E-state index contributed by atoms with van der Waals surface area (Å²) in [4.78, 5) is 0. The van der Waals surface area contributed by atoms with E-state index >= 15 is 0 Å². The van der Waals surface area contributed by atoms with Gasteiger partial charge in [0.15, 0.2) is 0 Å². The van der Waals surface area contributed by atoms with Crippen LogP contribution in [-0.4, -0.2) is 5.11 Å². The van der Waals surface area contributed by atoms with Crippen LogP contribution in [0.3, 0.4) is 0 Å². The Kier molecular flexibility index (Phi) is 1.93. The van der Waals surface area contributed by atoms with Gasteiger partial charge in [-0.2, -0.15) is 0 Å². The van der Waals surface area contributed by atoms with Crippen molar-refractivity contribution < 1.29 is 9.50 Å². The van der Waals surface area contributed by atoms with Crippen LogP contribution in [0.4, 0.5) is 4.39 Å². The Hall–Kier alpha value is -0.410. The Morgan fingerprint density at radius 3 is 2.92 bits per heavy atom. The third-order valence-electron chi connectivity index (χ3n) is 2.25. The fourth-order valence-corrected chi connectivity index (χ4v) is 2.19. The molecule has 0 aliphatic heterocycles. The molecule has 2 rings (SSSR count). The summed E-state index contributed by atoms with van der Waals surface area (Å²) in [5.41, 5.74) is 1.40. The van der Waals surface area contributed by atoms with Gasteiger partial charge in [-0.3, -0.25) is 0 Å². The van der Waals surface area contributed by atoms with Crippen molar-refractivity contribution in [1.82, 2.24) is 0 Å². The molecule has 0 saturated carbocycles. The zero-order chi connectivity index (χ0) is 8.72.